The highest BCUT2D eigenvalue weighted by molar-refractivity contribution is 5.68. The van der Waals surface area contributed by atoms with E-state index < -0.39 is 0 Å². The average molecular weight is 219 g/mol. The van der Waals surface area contributed by atoms with E-state index in [-0.39, 0.29) is 0 Å². The lowest BCUT2D eigenvalue weighted by Crippen LogP contribution is -1.79. The van der Waals surface area contributed by atoms with Crippen molar-refractivity contribution in [2.24, 2.45) is 0 Å². The SMILES string of the molecule is [c]1nc(-c2ccc(-c3ccccc3)cc2)c[nH]1. The second-order valence-electron chi connectivity index (χ2n) is 3.84. The molecule has 2 aromatic carbocycles. The Hall–Kier alpha value is -2.35. The fourth-order valence-electron chi connectivity index (χ4n) is 1.84. The molecule has 0 atom stereocenters. The van der Waals surface area contributed by atoms with Crippen LogP contribution in [0.3, 0.4) is 0 Å². The highest BCUT2D eigenvalue weighted by Gasteiger charge is 2.00. The number of aromatic nitrogens is 2. The predicted octanol–water partition coefficient (Wildman–Crippen LogP) is 3.54. The highest BCUT2D eigenvalue weighted by atomic mass is 14.9. The molecule has 0 bridgehead atoms. The first-order valence-electron chi connectivity index (χ1n) is 5.51. The van der Waals surface area contributed by atoms with Crippen LogP contribution in [0.15, 0.2) is 60.8 Å². The molecule has 0 amide bonds. The van der Waals surface area contributed by atoms with Crippen LogP contribution in [-0.4, -0.2) is 9.97 Å². The number of imidazole rings is 1. The molecule has 2 nitrogen and oxygen atoms in total. The summed E-state index contributed by atoms with van der Waals surface area (Å²) in [6, 6.07) is 18.7. The Morgan fingerprint density at radius 3 is 2.06 bits per heavy atom. The number of hydrogen-bond donors (Lipinski definition) is 1. The number of aromatic amines is 1. The van der Waals surface area contributed by atoms with Gasteiger partial charge in [0.25, 0.3) is 0 Å². The van der Waals surface area contributed by atoms with Crippen molar-refractivity contribution < 1.29 is 0 Å². The molecule has 1 heterocycles. The molecule has 81 valence electrons. The fourth-order valence-corrected chi connectivity index (χ4v) is 1.84. The van der Waals surface area contributed by atoms with E-state index in [4.69, 9.17) is 0 Å². The molecular formula is C15H11N2. The van der Waals surface area contributed by atoms with Gasteiger partial charge in [-0.15, -0.1) is 0 Å². The van der Waals surface area contributed by atoms with E-state index in [0.29, 0.717) is 0 Å². The minimum Gasteiger partial charge on any atom is -0.341 e. The number of nitrogens with one attached hydrogen (secondary N) is 1. The van der Waals surface area contributed by atoms with Crippen LogP contribution in [0.1, 0.15) is 0 Å². The zero-order valence-electron chi connectivity index (χ0n) is 9.22. The van der Waals surface area contributed by atoms with Gasteiger partial charge in [0.15, 0.2) is 6.33 Å². The maximum Gasteiger partial charge on any atom is 0.174 e. The van der Waals surface area contributed by atoms with Gasteiger partial charge in [-0.25, -0.2) is 4.98 Å². The molecule has 0 saturated heterocycles. The van der Waals surface area contributed by atoms with E-state index in [0.717, 1.165) is 11.3 Å². The summed E-state index contributed by atoms with van der Waals surface area (Å²) in [6.45, 7) is 0. The monoisotopic (exact) mass is 219 g/mol. The Balaban J connectivity index is 1.96. The van der Waals surface area contributed by atoms with Gasteiger partial charge in [0, 0.05) is 11.8 Å². The molecule has 0 aliphatic rings. The van der Waals surface area contributed by atoms with Gasteiger partial charge in [-0.3, -0.25) is 0 Å². The molecule has 0 unspecified atom stereocenters. The van der Waals surface area contributed by atoms with Crippen molar-refractivity contribution in [3.05, 3.63) is 67.1 Å². The standard InChI is InChI=1S/C15H11N2/c1-2-4-12(5-3-1)13-6-8-14(9-7-13)15-10-16-11-17-15/h1-10H,(H,16,17). The second kappa shape index (κ2) is 4.26. The molecule has 0 spiro atoms. The topological polar surface area (TPSA) is 28.7 Å². The van der Waals surface area contributed by atoms with E-state index in [1.807, 2.05) is 24.4 Å². The molecular weight excluding hydrogens is 208 g/mol. The van der Waals surface area contributed by atoms with E-state index in [9.17, 15) is 0 Å². The number of hydrogen-bond acceptors (Lipinski definition) is 1. The first-order chi connectivity index (χ1) is 8.43. The maximum absolute atomic E-state index is 4.11. The largest absolute Gasteiger partial charge is 0.341 e. The van der Waals surface area contributed by atoms with Crippen molar-refractivity contribution in [3.8, 4) is 22.4 Å². The van der Waals surface area contributed by atoms with Crippen LogP contribution in [0.25, 0.3) is 22.4 Å². The molecule has 3 rings (SSSR count). The van der Waals surface area contributed by atoms with Gasteiger partial charge in [-0.05, 0) is 11.1 Å². The molecule has 0 fully saturated rings. The van der Waals surface area contributed by atoms with Gasteiger partial charge in [0.05, 0.1) is 5.69 Å². The van der Waals surface area contributed by atoms with Gasteiger partial charge in [-0.2, -0.15) is 0 Å². The van der Waals surface area contributed by atoms with Crippen LogP contribution < -0.4 is 0 Å². The molecule has 1 aromatic heterocycles. The van der Waals surface area contributed by atoms with Crippen LogP contribution in [0, 0.1) is 6.33 Å². The Morgan fingerprint density at radius 1 is 0.765 bits per heavy atom. The van der Waals surface area contributed by atoms with E-state index in [1.165, 1.54) is 11.1 Å². The van der Waals surface area contributed by atoms with E-state index >= 15 is 0 Å². The normalized spacial score (nSPS) is 10.4. The van der Waals surface area contributed by atoms with Crippen LogP contribution >= 0.6 is 0 Å². The van der Waals surface area contributed by atoms with Gasteiger partial charge >= 0.3 is 0 Å². The number of benzene rings is 2. The molecule has 2 heteroatoms. The first kappa shape index (κ1) is 9.85. The zero-order valence-corrected chi connectivity index (χ0v) is 9.22. The summed E-state index contributed by atoms with van der Waals surface area (Å²) in [7, 11) is 0. The van der Waals surface area contributed by atoms with Crippen molar-refractivity contribution in [1.29, 1.82) is 0 Å². The Labute approximate surface area is 100.0 Å². The lowest BCUT2D eigenvalue weighted by Gasteiger charge is -2.02. The first-order valence-corrected chi connectivity index (χ1v) is 5.51. The molecule has 0 aliphatic carbocycles. The fraction of sp³-hybridized carbons (Fsp3) is 0. The molecule has 1 N–H and O–H groups in total. The Kier molecular flexibility index (Phi) is 2.47. The third kappa shape index (κ3) is 1.97. The van der Waals surface area contributed by atoms with Gasteiger partial charge in [0.2, 0.25) is 0 Å². The Morgan fingerprint density at radius 2 is 1.41 bits per heavy atom. The summed E-state index contributed by atoms with van der Waals surface area (Å²) < 4.78 is 0. The minimum atomic E-state index is 0.921. The van der Waals surface area contributed by atoms with Crippen molar-refractivity contribution in [2.45, 2.75) is 0 Å². The van der Waals surface area contributed by atoms with Gasteiger partial charge < -0.3 is 4.98 Å². The smallest absolute Gasteiger partial charge is 0.174 e. The minimum absolute atomic E-state index is 0.921. The van der Waals surface area contributed by atoms with Crippen molar-refractivity contribution in [2.75, 3.05) is 0 Å². The highest BCUT2D eigenvalue weighted by Crippen LogP contribution is 2.22. The van der Waals surface area contributed by atoms with Gasteiger partial charge in [-0.1, -0.05) is 54.6 Å². The molecule has 1 radical (unpaired) electrons. The molecule has 17 heavy (non-hydrogen) atoms. The summed E-state index contributed by atoms with van der Waals surface area (Å²) in [5, 5.41) is 0. The van der Waals surface area contributed by atoms with Crippen LogP contribution in [0.4, 0.5) is 0 Å². The molecule has 0 saturated carbocycles. The van der Waals surface area contributed by atoms with Crippen molar-refractivity contribution in [1.82, 2.24) is 9.97 Å². The number of nitrogens with zero attached hydrogens (tertiary/aromatic N) is 1. The number of rotatable bonds is 2. The third-order valence-corrected chi connectivity index (χ3v) is 2.74. The van der Waals surface area contributed by atoms with E-state index in [1.54, 1.807) is 0 Å². The predicted molar refractivity (Wildman–Crippen MR) is 68.3 cm³/mol. The second-order valence-corrected chi connectivity index (χ2v) is 3.84. The van der Waals surface area contributed by atoms with Crippen LogP contribution in [-0.2, 0) is 0 Å². The summed E-state index contributed by atoms with van der Waals surface area (Å²) in [5.74, 6) is 0. The summed E-state index contributed by atoms with van der Waals surface area (Å²) in [4.78, 5) is 6.95. The summed E-state index contributed by atoms with van der Waals surface area (Å²) in [6.07, 6.45) is 4.54. The van der Waals surface area contributed by atoms with Crippen LogP contribution in [0.2, 0.25) is 0 Å². The number of H-pyrrole nitrogens is 1. The molecule has 0 aliphatic heterocycles. The van der Waals surface area contributed by atoms with Gasteiger partial charge in [0.1, 0.15) is 0 Å². The average Bonchev–Trinajstić information content (AvgIpc) is 2.94. The summed E-state index contributed by atoms with van der Waals surface area (Å²) >= 11 is 0. The summed E-state index contributed by atoms with van der Waals surface area (Å²) in [5.41, 5.74) is 4.47. The lowest BCUT2D eigenvalue weighted by molar-refractivity contribution is 1.29. The molecule has 3 aromatic rings. The quantitative estimate of drug-likeness (QED) is 0.701. The zero-order chi connectivity index (χ0) is 11.5. The lowest BCUT2D eigenvalue weighted by atomic mass is 10.0. The van der Waals surface area contributed by atoms with Crippen molar-refractivity contribution in [3.63, 3.8) is 0 Å². The van der Waals surface area contributed by atoms with Crippen LogP contribution in [0.5, 0.6) is 0 Å². The Bertz CT molecular complexity index is 581. The maximum atomic E-state index is 4.11. The third-order valence-electron chi connectivity index (χ3n) is 2.74. The van der Waals surface area contributed by atoms with Crippen molar-refractivity contribution >= 4 is 0 Å². The van der Waals surface area contributed by atoms with E-state index in [2.05, 4.69) is 52.7 Å².